The summed E-state index contributed by atoms with van der Waals surface area (Å²) in [6, 6.07) is 4.21. The first kappa shape index (κ1) is 9.51. The van der Waals surface area contributed by atoms with Gasteiger partial charge in [0, 0.05) is 5.39 Å². The van der Waals surface area contributed by atoms with Crippen LogP contribution in [-0.2, 0) is 4.74 Å². The van der Waals surface area contributed by atoms with Crippen molar-refractivity contribution in [2.45, 2.75) is 0 Å². The highest BCUT2D eigenvalue weighted by molar-refractivity contribution is 6.04. The minimum atomic E-state index is -0.613. The van der Waals surface area contributed by atoms with E-state index in [0.717, 1.165) is 6.20 Å². The number of nitrogens with zero attached hydrogens (tertiary/aromatic N) is 1. The van der Waals surface area contributed by atoms with Gasteiger partial charge < -0.3 is 9.94 Å². The van der Waals surface area contributed by atoms with Gasteiger partial charge in [0.2, 0.25) is 0 Å². The summed E-state index contributed by atoms with van der Waals surface area (Å²) in [5.74, 6) is -1.21. The standard InChI is InChI=1S/C10H8FNO3/c1-15-10(13)7-5-12(14)9-6(7)3-2-4-8(9)11/h2-5,14H,1H3. The van der Waals surface area contributed by atoms with Gasteiger partial charge in [0.15, 0.2) is 5.82 Å². The molecule has 1 N–H and O–H groups in total. The number of benzene rings is 1. The van der Waals surface area contributed by atoms with Gasteiger partial charge in [-0.05, 0) is 6.07 Å². The van der Waals surface area contributed by atoms with Crippen LogP contribution in [-0.4, -0.2) is 23.0 Å². The van der Waals surface area contributed by atoms with Gasteiger partial charge in [0.1, 0.15) is 5.52 Å². The average Bonchev–Trinajstić information content (AvgIpc) is 2.56. The quantitative estimate of drug-likeness (QED) is 0.575. The van der Waals surface area contributed by atoms with E-state index in [-0.39, 0.29) is 11.1 Å². The zero-order chi connectivity index (χ0) is 11.0. The predicted octanol–water partition coefficient (Wildman–Crippen LogP) is 1.80. The Morgan fingerprint density at radius 2 is 2.27 bits per heavy atom. The summed E-state index contributed by atoms with van der Waals surface area (Å²) in [5, 5.41) is 9.71. The first-order valence-electron chi connectivity index (χ1n) is 4.22. The van der Waals surface area contributed by atoms with Crippen LogP contribution in [0.3, 0.4) is 0 Å². The van der Waals surface area contributed by atoms with E-state index in [1.54, 1.807) is 0 Å². The third kappa shape index (κ3) is 1.32. The van der Waals surface area contributed by atoms with Gasteiger partial charge >= 0.3 is 5.97 Å². The molecule has 0 aliphatic rings. The van der Waals surface area contributed by atoms with Gasteiger partial charge in [-0.2, -0.15) is 4.73 Å². The average molecular weight is 209 g/mol. The fourth-order valence-electron chi connectivity index (χ4n) is 1.49. The van der Waals surface area contributed by atoms with Crippen molar-refractivity contribution in [1.82, 2.24) is 4.73 Å². The van der Waals surface area contributed by atoms with Crippen LogP contribution in [0.5, 0.6) is 0 Å². The lowest BCUT2D eigenvalue weighted by Crippen LogP contribution is -1.99. The molecule has 0 bridgehead atoms. The van der Waals surface area contributed by atoms with Crippen LogP contribution in [0, 0.1) is 5.82 Å². The largest absolute Gasteiger partial charge is 0.465 e. The number of hydrogen-bond acceptors (Lipinski definition) is 3. The molecule has 1 aromatic heterocycles. The molecule has 5 heteroatoms. The Morgan fingerprint density at radius 1 is 1.53 bits per heavy atom. The fraction of sp³-hybridized carbons (Fsp3) is 0.100. The summed E-state index contributed by atoms with van der Waals surface area (Å²) < 4.78 is 18.4. The molecule has 2 aromatic rings. The number of rotatable bonds is 1. The molecule has 0 atom stereocenters. The van der Waals surface area contributed by atoms with E-state index >= 15 is 0 Å². The van der Waals surface area contributed by atoms with Crippen molar-refractivity contribution >= 4 is 16.9 Å². The second-order valence-electron chi connectivity index (χ2n) is 3.01. The lowest BCUT2D eigenvalue weighted by Gasteiger charge is -1.96. The maximum Gasteiger partial charge on any atom is 0.340 e. The van der Waals surface area contributed by atoms with Crippen molar-refractivity contribution < 1.29 is 19.1 Å². The van der Waals surface area contributed by atoms with Gasteiger partial charge in [-0.25, -0.2) is 9.18 Å². The van der Waals surface area contributed by atoms with E-state index in [2.05, 4.69) is 4.74 Å². The van der Waals surface area contributed by atoms with Gasteiger partial charge in [-0.1, -0.05) is 12.1 Å². The fourth-order valence-corrected chi connectivity index (χ4v) is 1.49. The van der Waals surface area contributed by atoms with Crippen LogP contribution in [0.25, 0.3) is 10.9 Å². The molecular formula is C10H8FNO3. The molecule has 78 valence electrons. The number of carbonyl (C=O) groups is 1. The second kappa shape index (κ2) is 3.27. The molecule has 0 saturated heterocycles. The number of ether oxygens (including phenoxy) is 1. The van der Waals surface area contributed by atoms with Crippen molar-refractivity contribution in [3.8, 4) is 0 Å². The normalized spacial score (nSPS) is 10.5. The predicted molar refractivity (Wildman–Crippen MR) is 50.4 cm³/mol. The number of hydrogen-bond donors (Lipinski definition) is 1. The van der Waals surface area contributed by atoms with Crippen molar-refractivity contribution in [2.75, 3.05) is 7.11 Å². The Morgan fingerprint density at radius 3 is 2.93 bits per heavy atom. The molecule has 15 heavy (non-hydrogen) atoms. The highest BCUT2D eigenvalue weighted by atomic mass is 19.1. The Kier molecular flexibility index (Phi) is 2.07. The Labute approximate surface area is 84.5 Å². The number of aromatic nitrogens is 1. The summed E-state index contributed by atoms with van der Waals surface area (Å²) in [6.45, 7) is 0. The SMILES string of the molecule is COC(=O)c1cn(O)c2c(F)cccc12. The van der Waals surface area contributed by atoms with E-state index in [4.69, 9.17) is 0 Å². The van der Waals surface area contributed by atoms with Crippen molar-refractivity contribution in [3.63, 3.8) is 0 Å². The third-order valence-corrected chi connectivity index (χ3v) is 2.16. The number of fused-ring (bicyclic) bond motifs is 1. The molecule has 2 rings (SSSR count). The number of esters is 1. The van der Waals surface area contributed by atoms with E-state index in [1.807, 2.05) is 0 Å². The van der Waals surface area contributed by atoms with Crippen molar-refractivity contribution in [2.24, 2.45) is 0 Å². The maximum atomic E-state index is 13.3. The van der Waals surface area contributed by atoms with Crippen LogP contribution in [0.1, 0.15) is 10.4 Å². The topological polar surface area (TPSA) is 51.5 Å². The summed E-state index contributed by atoms with van der Waals surface area (Å²) in [7, 11) is 1.22. The van der Waals surface area contributed by atoms with Gasteiger partial charge in [-0.15, -0.1) is 0 Å². The van der Waals surface area contributed by atoms with E-state index in [1.165, 1.54) is 25.3 Å². The number of methoxy groups -OCH3 is 1. The summed E-state index contributed by atoms with van der Waals surface area (Å²) in [4.78, 5) is 11.3. The highest BCUT2D eigenvalue weighted by Crippen LogP contribution is 2.23. The summed E-state index contributed by atoms with van der Waals surface area (Å²) in [5.41, 5.74) is 0.104. The summed E-state index contributed by atoms with van der Waals surface area (Å²) in [6.07, 6.45) is 1.12. The first-order chi connectivity index (χ1) is 7.15. The maximum absolute atomic E-state index is 13.3. The molecule has 0 aliphatic heterocycles. The monoisotopic (exact) mass is 209 g/mol. The molecule has 0 unspecified atom stereocenters. The van der Waals surface area contributed by atoms with Crippen LogP contribution in [0.2, 0.25) is 0 Å². The zero-order valence-electron chi connectivity index (χ0n) is 7.90. The van der Waals surface area contributed by atoms with Crippen molar-refractivity contribution in [1.29, 1.82) is 0 Å². The Hall–Kier alpha value is -2.04. The van der Waals surface area contributed by atoms with E-state index < -0.39 is 11.8 Å². The minimum absolute atomic E-state index is 0.0297. The molecule has 1 heterocycles. The molecule has 1 aromatic carbocycles. The Balaban J connectivity index is 2.79. The smallest absolute Gasteiger partial charge is 0.340 e. The van der Waals surface area contributed by atoms with Crippen molar-refractivity contribution in [3.05, 3.63) is 35.8 Å². The lowest BCUT2D eigenvalue weighted by atomic mass is 10.2. The van der Waals surface area contributed by atoms with Gasteiger partial charge in [0.25, 0.3) is 0 Å². The number of halogens is 1. The van der Waals surface area contributed by atoms with Crippen LogP contribution < -0.4 is 0 Å². The molecule has 0 aliphatic carbocycles. The molecule has 4 nitrogen and oxygen atoms in total. The first-order valence-corrected chi connectivity index (χ1v) is 4.22. The summed E-state index contributed by atoms with van der Waals surface area (Å²) >= 11 is 0. The second-order valence-corrected chi connectivity index (χ2v) is 3.01. The van der Waals surface area contributed by atoms with Gasteiger partial charge in [0.05, 0.1) is 18.9 Å². The van der Waals surface area contributed by atoms with Gasteiger partial charge in [-0.3, -0.25) is 0 Å². The molecule has 0 amide bonds. The van der Waals surface area contributed by atoms with E-state index in [0.29, 0.717) is 10.1 Å². The zero-order valence-corrected chi connectivity index (χ0v) is 7.90. The molecule has 0 saturated carbocycles. The van der Waals surface area contributed by atoms with Crippen LogP contribution >= 0.6 is 0 Å². The molecule has 0 radical (unpaired) electrons. The van der Waals surface area contributed by atoms with E-state index in [9.17, 15) is 14.4 Å². The van der Waals surface area contributed by atoms with Crippen LogP contribution in [0.15, 0.2) is 24.4 Å². The minimum Gasteiger partial charge on any atom is -0.465 e. The number of carbonyl (C=O) groups excluding carboxylic acids is 1. The molecule has 0 spiro atoms. The molecular weight excluding hydrogens is 201 g/mol. The molecule has 0 fully saturated rings. The highest BCUT2D eigenvalue weighted by Gasteiger charge is 2.17. The third-order valence-electron chi connectivity index (χ3n) is 2.16. The number of para-hydroxylation sites is 1. The lowest BCUT2D eigenvalue weighted by molar-refractivity contribution is 0.0600. The Bertz CT molecular complexity index is 533. The van der Waals surface area contributed by atoms with Crippen LogP contribution in [0.4, 0.5) is 4.39 Å².